The maximum atomic E-state index is 8.96. The van der Waals surface area contributed by atoms with Gasteiger partial charge < -0.3 is 4.90 Å². The standard InChI is InChI=1S/C6H5O2.C3H9N.Sn/c7-5-2-1-3-6(8)4-5;1-4(2)3;/h1-2,4,7-8H;1-3H3;. The first kappa shape index (κ1) is 12.6. The Kier molecular flexibility index (Phi) is 5.90. The van der Waals surface area contributed by atoms with E-state index in [2.05, 4.69) is 0 Å². The van der Waals surface area contributed by atoms with E-state index in [4.69, 9.17) is 10.2 Å². The second-order valence-corrected chi connectivity index (χ2v) is 4.58. The number of benzene rings is 1. The molecule has 3 radical (unpaired) electrons. The van der Waals surface area contributed by atoms with E-state index in [0.717, 1.165) is 26.1 Å². The monoisotopic (exact) mass is 288 g/mol. The van der Waals surface area contributed by atoms with Crippen LogP contribution in [0.2, 0.25) is 0 Å². The van der Waals surface area contributed by atoms with Crippen molar-refractivity contribution >= 4 is 26.1 Å². The summed E-state index contributed by atoms with van der Waals surface area (Å²) in [4.78, 5) is 2.00. The van der Waals surface area contributed by atoms with Crippen molar-refractivity contribution in [2.75, 3.05) is 21.1 Å². The molecule has 2 N–H and O–H groups in total. The number of aromatic hydroxyl groups is 2. The summed E-state index contributed by atoms with van der Waals surface area (Å²) in [6, 6.07) is 4.59. The van der Waals surface area contributed by atoms with E-state index in [0.29, 0.717) is 0 Å². The summed E-state index contributed by atoms with van der Waals surface area (Å²) in [6.07, 6.45) is 0. The van der Waals surface area contributed by atoms with Crippen molar-refractivity contribution in [3.05, 3.63) is 18.2 Å². The van der Waals surface area contributed by atoms with E-state index in [1.54, 1.807) is 12.1 Å². The van der Waals surface area contributed by atoms with Gasteiger partial charge in [-0.15, -0.1) is 0 Å². The first-order chi connectivity index (χ1) is 5.93. The number of hydrogen-bond acceptors (Lipinski definition) is 3. The third kappa shape index (κ3) is 6.71. The molecule has 0 amide bonds. The van der Waals surface area contributed by atoms with Crippen LogP contribution in [-0.2, 0) is 0 Å². The summed E-state index contributed by atoms with van der Waals surface area (Å²) in [5.41, 5.74) is 0. The molecule has 0 fully saturated rings. The fraction of sp³-hybridized carbons (Fsp3) is 0.333. The van der Waals surface area contributed by atoms with Gasteiger partial charge >= 0.3 is 66.0 Å². The van der Waals surface area contributed by atoms with Gasteiger partial charge in [-0.1, -0.05) is 0 Å². The first-order valence-corrected chi connectivity index (χ1v) is 5.20. The predicted octanol–water partition coefficient (Wildman–Crippen LogP) is 0.0694. The Morgan fingerprint density at radius 2 is 1.62 bits per heavy atom. The summed E-state index contributed by atoms with van der Waals surface area (Å²) in [7, 11) is 6.00. The fourth-order valence-corrected chi connectivity index (χ4v) is 0.964. The molecule has 0 bridgehead atoms. The second-order valence-electron chi connectivity index (χ2n) is 3.04. The third-order valence-corrected chi connectivity index (χ3v) is 2.19. The van der Waals surface area contributed by atoms with Gasteiger partial charge in [-0.25, -0.2) is 0 Å². The minimum atomic E-state index is 0.110. The van der Waals surface area contributed by atoms with Gasteiger partial charge in [0.15, 0.2) is 0 Å². The van der Waals surface area contributed by atoms with Crippen LogP contribution in [-0.4, -0.2) is 58.8 Å². The Labute approximate surface area is 92.1 Å². The van der Waals surface area contributed by atoms with Gasteiger partial charge in [-0.05, 0) is 21.1 Å². The van der Waals surface area contributed by atoms with Gasteiger partial charge in [0.1, 0.15) is 0 Å². The Morgan fingerprint density at radius 1 is 1.15 bits per heavy atom. The van der Waals surface area contributed by atoms with E-state index in [9.17, 15) is 0 Å². The quantitative estimate of drug-likeness (QED) is 0.664. The SMILES string of the molecule is CN(C)C.Oc1cc[c]([Sn])c(O)c1. The van der Waals surface area contributed by atoms with Crippen molar-refractivity contribution in [2.45, 2.75) is 0 Å². The molecular weight excluding hydrogens is 273 g/mol. The van der Waals surface area contributed by atoms with E-state index >= 15 is 0 Å². The van der Waals surface area contributed by atoms with Crippen LogP contribution in [0.3, 0.4) is 0 Å². The molecule has 0 spiro atoms. The van der Waals surface area contributed by atoms with Crippen LogP contribution in [0.5, 0.6) is 11.5 Å². The van der Waals surface area contributed by atoms with Crippen LogP contribution < -0.4 is 3.58 Å². The molecule has 1 rings (SSSR count). The Bertz CT molecular complexity index is 261. The topological polar surface area (TPSA) is 43.7 Å². The fourth-order valence-electron chi connectivity index (χ4n) is 0.520. The number of hydrogen-bond donors (Lipinski definition) is 2. The van der Waals surface area contributed by atoms with E-state index in [1.165, 1.54) is 6.07 Å². The first-order valence-electron chi connectivity index (χ1n) is 3.78. The summed E-state index contributed by atoms with van der Waals surface area (Å²) < 4.78 is 0.861. The zero-order valence-corrected chi connectivity index (χ0v) is 10.9. The molecule has 1 aromatic rings. The molecular formula is C9H14NO2Sn. The van der Waals surface area contributed by atoms with Crippen molar-refractivity contribution < 1.29 is 10.2 Å². The molecule has 71 valence electrons. The Morgan fingerprint density at radius 3 is 1.92 bits per heavy atom. The van der Waals surface area contributed by atoms with Crippen LogP contribution in [0.4, 0.5) is 0 Å². The predicted molar refractivity (Wildman–Crippen MR) is 54.8 cm³/mol. The van der Waals surface area contributed by atoms with E-state index in [-0.39, 0.29) is 11.5 Å². The molecule has 4 heteroatoms. The molecule has 3 nitrogen and oxygen atoms in total. The van der Waals surface area contributed by atoms with Crippen LogP contribution in [0, 0.1) is 0 Å². The molecule has 0 aliphatic carbocycles. The van der Waals surface area contributed by atoms with Crippen molar-refractivity contribution in [1.82, 2.24) is 4.90 Å². The summed E-state index contributed by atoms with van der Waals surface area (Å²) >= 11 is 1.15. The Balaban J connectivity index is 0.000000310. The Hall–Kier alpha value is -0.421. The molecule has 0 aliphatic heterocycles. The number of rotatable bonds is 0. The van der Waals surface area contributed by atoms with Gasteiger partial charge in [-0.2, -0.15) is 0 Å². The van der Waals surface area contributed by atoms with Gasteiger partial charge in [0, 0.05) is 0 Å². The molecule has 1 aromatic carbocycles. The summed E-state index contributed by atoms with van der Waals surface area (Å²) in [5.74, 6) is 0.284. The molecule has 0 atom stereocenters. The van der Waals surface area contributed by atoms with Crippen molar-refractivity contribution in [2.24, 2.45) is 0 Å². The number of phenols is 2. The molecule has 0 unspecified atom stereocenters. The minimum absolute atomic E-state index is 0.110. The van der Waals surface area contributed by atoms with Crippen LogP contribution in [0.15, 0.2) is 18.2 Å². The average molecular weight is 287 g/mol. The van der Waals surface area contributed by atoms with Crippen molar-refractivity contribution in [1.29, 1.82) is 0 Å². The number of phenolic OH excluding ortho intramolecular Hbond substituents is 2. The van der Waals surface area contributed by atoms with Gasteiger partial charge in [0.2, 0.25) is 0 Å². The van der Waals surface area contributed by atoms with E-state index in [1.807, 2.05) is 26.0 Å². The van der Waals surface area contributed by atoms with Crippen molar-refractivity contribution in [3.63, 3.8) is 0 Å². The molecule has 13 heavy (non-hydrogen) atoms. The normalized spacial score (nSPS) is 9.31. The van der Waals surface area contributed by atoms with Crippen LogP contribution >= 0.6 is 0 Å². The zero-order chi connectivity index (χ0) is 10.4. The molecule has 0 aliphatic rings. The number of nitrogens with zero attached hydrogens (tertiary/aromatic N) is 1. The van der Waals surface area contributed by atoms with Gasteiger partial charge in [0.25, 0.3) is 0 Å². The van der Waals surface area contributed by atoms with Crippen molar-refractivity contribution in [3.8, 4) is 11.5 Å². The van der Waals surface area contributed by atoms with Crippen LogP contribution in [0.25, 0.3) is 0 Å². The molecule has 0 saturated heterocycles. The van der Waals surface area contributed by atoms with E-state index < -0.39 is 0 Å². The molecule has 0 saturated carbocycles. The van der Waals surface area contributed by atoms with Crippen LogP contribution in [0.1, 0.15) is 0 Å². The summed E-state index contributed by atoms with van der Waals surface area (Å²) in [5, 5.41) is 17.8. The third-order valence-electron chi connectivity index (χ3n) is 0.981. The average Bonchev–Trinajstić information content (AvgIpc) is 1.96. The van der Waals surface area contributed by atoms with Gasteiger partial charge in [0.05, 0.1) is 0 Å². The second kappa shape index (κ2) is 6.10. The summed E-state index contributed by atoms with van der Waals surface area (Å²) in [6.45, 7) is 0. The van der Waals surface area contributed by atoms with Gasteiger partial charge in [-0.3, -0.25) is 0 Å². The zero-order valence-electron chi connectivity index (χ0n) is 8.07. The maximum absolute atomic E-state index is 8.96. The molecule has 0 aromatic heterocycles. The molecule has 0 heterocycles.